The predicted octanol–water partition coefficient (Wildman–Crippen LogP) is 1.47. The molecule has 1 aromatic heterocycles. The highest BCUT2D eigenvalue weighted by atomic mass is 16.6. The number of nitrogens with zero attached hydrogens (tertiary/aromatic N) is 2. The van der Waals surface area contributed by atoms with Crippen LogP contribution in [0.15, 0.2) is 18.5 Å². The van der Waals surface area contributed by atoms with E-state index in [0.717, 1.165) is 0 Å². The van der Waals surface area contributed by atoms with Crippen LogP contribution in [0.3, 0.4) is 0 Å². The van der Waals surface area contributed by atoms with E-state index < -0.39 is 29.0 Å². The van der Waals surface area contributed by atoms with Crippen molar-refractivity contribution in [1.82, 2.24) is 10.3 Å². The van der Waals surface area contributed by atoms with Crippen molar-refractivity contribution >= 4 is 23.6 Å². The lowest BCUT2D eigenvalue weighted by molar-refractivity contribution is -0.155. The number of pyridine rings is 1. The largest absolute Gasteiger partial charge is 0.460 e. The van der Waals surface area contributed by atoms with Gasteiger partial charge in [-0.25, -0.2) is 4.79 Å². The summed E-state index contributed by atoms with van der Waals surface area (Å²) >= 11 is 0. The van der Waals surface area contributed by atoms with Crippen LogP contribution in [0.2, 0.25) is 0 Å². The van der Waals surface area contributed by atoms with Crippen molar-refractivity contribution < 1.29 is 19.1 Å². The molecule has 3 heterocycles. The van der Waals surface area contributed by atoms with Crippen molar-refractivity contribution in [1.29, 1.82) is 0 Å². The first-order chi connectivity index (χ1) is 10.3. The molecule has 0 bridgehead atoms. The summed E-state index contributed by atoms with van der Waals surface area (Å²) < 4.78 is 5.26. The average Bonchev–Trinajstić information content (AvgIpc) is 2.58. The van der Waals surface area contributed by atoms with Gasteiger partial charge in [0.15, 0.2) is 5.54 Å². The standard InChI is InChI=1S/C15H17N3O4/c1-14(2,3)22-11(19)4-6-15-9-8-16-7-5-10(9)18(15)13(21)17-12(15)20/h5,7-8H,4,6H2,1-3H3,(H,17,20,21). The van der Waals surface area contributed by atoms with Gasteiger partial charge >= 0.3 is 12.0 Å². The van der Waals surface area contributed by atoms with Crippen LogP contribution in [0.4, 0.5) is 10.5 Å². The Bertz CT molecular complexity index is 680. The minimum Gasteiger partial charge on any atom is -0.460 e. The number of aromatic nitrogens is 1. The molecule has 1 saturated heterocycles. The molecule has 2 aliphatic rings. The highest BCUT2D eigenvalue weighted by Gasteiger charge is 2.63. The second-order valence-corrected chi connectivity index (χ2v) is 6.43. The van der Waals surface area contributed by atoms with E-state index in [1.54, 1.807) is 39.2 Å². The maximum atomic E-state index is 12.3. The van der Waals surface area contributed by atoms with E-state index in [0.29, 0.717) is 11.3 Å². The van der Waals surface area contributed by atoms with E-state index in [1.807, 2.05) is 0 Å². The van der Waals surface area contributed by atoms with E-state index in [2.05, 4.69) is 10.3 Å². The van der Waals surface area contributed by atoms with E-state index in [-0.39, 0.29) is 12.8 Å². The van der Waals surface area contributed by atoms with Gasteiger partial charge < -0.3 is 4.74 Å². The van der Waals surface area contributed by atoms with Crippen LogP contribution in [0.25, 0.3) is 0 Å². The van der Waals surface area contributed by atoms with Crippen molar-refractivity contribution in [3.8, 4) is 0 Å². The number of carbonyl (C=O) groups excluding carboxylic acids is 3. The van der Waals surface area contributed by atoms with Crippen LogP contribution < -0.4 is 10.2 Å². The lowest BCUT2D eigenvalue weighted by atomic mass is 9.77. The van der Waals surface area contributed by atoms with Gasteiger partial charge in [0.1, 0.15) is 5.60 Å². The molecular weight excluding hydrogens is 286 g/mol. The van der Waals surface area contributed by atoms with Crippen LogP contribution in [0, 0.1) is 0 Å². The molecule has 0 aromatic carbocycles. The van der Waals surface area contributed by atoms with Gasteiger partial charge in [0.2, 0.25) is 0 Å². The minimum atomic E-state index is -1.13. The summed E-state index contributed by atoms with van der Waals surface area (Å²) in [7, 11) is 0. The highest BCUT2D eigenvalue weighted by Crippen LogP contribution is 2.52. The maximum absolute atomic E-state index is 12.3. The number of urea groups is 1. The molecule has 22 heavy (non-hydrogen) atoms. The molecule has 1 N–H and O–H groups in total. The number of amides is 3. The molecule has 1 aromatic rings. The Hall–Kier alpha value is -2.44. The van der Waals surface area contributed by atoms with Crippen LogP contribution in [-0.2, 0) is 19.9 Å². The quantitative estimate of drug-likeness (QED) is 0.674. The number of esters is 1. The van der Waals surface area contributed by atoms with Crippen molar-refractivity contribution in [3.63, 3.8) is 0 Å². The third kappa shape index (κ3) is 1.96. The molecule has 0 radical (unpaired) electrons. The van der Waals surface area contributed by atoms with Crippen LogP contribution in [0.1, 0.15) is 39.2 Å². The SMILES string of the molecule is CC(C)(C)OC(=O)CCC12C(=O)NC(=O)N1c1ccncc12. The molecule has 7 heteroatoms. The molecule has 0 spiro atoms. The third-order valence-electron chi connectivity index (χ3n) is 3.78. The van der Waals surface area contributed by atoms with Gasteiger partial charge in [-0.2, -0.15) is 0 Å². The number of nitrogens with one attached hydrogen (secondary N) is 1. The van der Waals surface area contributed by atoms with Crippen molar-refractivity contribution in [3.05, 3.63) is 24.0 Å². The normalized spacial score (nSPS) is 22.6. The first-order valence-electron chi connectivity index (χ1n) is 7.08. The first kappa shape index (κ1) is 14.5. The van der Waals surface area contributed by atoms with Crippen LogP contribution >= 0.6 is 0 Å². The van der Waals surface area contributed by atoms with Gasteiger partial charge in [-0.3, -0.25) is 24.8 Å². The van der Waals surface area contributed by atoms with Crippen molar-refractivity contribution in [2.45, 2.75) is 44.8 Å². The second kappa shape index (κ2) is 4.53. The number of carbonyl (C=O) groups is 3. The molecule has 1 unspecified atom stereocenters. The smallest absolute Gasteiger partial charge is 0.329 e. The zero-order valence-electron chi connectivity index (χ0n) is 12.7. The summed E-state index contributed by atoms with van der Waals surface area (Å²) in [5, 5.41) is 2.31. The summed E-state index contributed by atoms with van der Waals surface area (Å²) in [5.74, 6) is -0.812. The Morgan fingerprint density at radius 3 is 2.82 bits per heavy atom. The van der Waals surface area contributed by atoms with Crippen molar-refractivity contribution in [2.24, 2.45) is 0 Å². The summed E-state index contributed by atoms with van der Waals surface area (Å²) in [6, 6.07) is 1.21. The molecule has 3 rings (SSSR count). The molecule has 1 fully saturated rings. The summed E-state index contributed by atoms with van der Waals surface area (Å²) in [5.41, 5.74) is -0.386. The Morgan fingerprint density at radius 2 is 2.14 bits per heavy atom. The average molecular weight is 303 g/mol. The number of rotatable bonds is 3. The van der Waals surface area contributed by atoms with E-state index in [9.17, 15) is 14.4 Å². The molecule has 0 aliphatic carbocycles. The fourth-order valence-corrected chi connectivity index (χ4v) is 2.97. The van der Waals surface area contributed by atoms with E-state index in [4.69, 9.17) is 4.74 Å². The number of fused-ring (bicyclic) bond motifs is 4. The van der Waals surface area contributed by atoms with Crippen LogP contribution in [-0.4, -0.2) is 28.5 Å². The van der Waals surface area contributed by atoms with Gasteiger partial charge in [0.05, 0.1) is 5.69 Å². The summed E-state index contributed by atoms with van der Waals surface area (Å²) in [6.07, 6.45) is 3.35. The molecule has 0 saturated carbocycles. The Morgan fingerprint density at radius 1 is 1.41 bits per heavy atom. The molecule has 116 valence electrons. The third-order valence-corrected chi connectivity index (χ3v) is 3.78. The molecule has 7 nitrogen and oxygen atoms in total. The monoisotopic (exact) mass is 303 g/mol. The number of hydrogen-bond donors (Lipinski definition) is 1. The van der Waals surface area contributed by atoms with Gasteiger partial charge in [-0.05, 0) is 33.3 Å². The Balaban J connectivity index is 1.84. The fraction of sp³-hybridized carbons (Fsp3) is 0.467. The van der Waals surface area contributed by atoms with Crippen LogP contribution in [0.5, 0.6) is 0 Å². The summed E-state index contributed by atoms with van der Waals surface area (Å²) in [6.45, 7) is 5.34. The second-order valence-electron chi connectivity index (χ2n) is 6.43. The van der Waals surface area contributed by atoms with E-state index in [1.165, 1.54) is 4.90 Å². The Kier molecular flexibility index (Phi) is 2.98. The molecule has 2 aliphatic heterocycles. The molecular formula is C15H17N3O4. The highest BCUT2D eigenvalue weighted by molar-refractivity contribution is 6.22. The Labute approximate surface area is 127 Å². The zero-order valence-corrected chi connectivity index (χ0v) is 12.7. The zero-order chi connectivity index (χ0) is 16.1. The van der Waals surface area contributed by atoms with Gasteiger partial charge in [0, 0.05) is 24.4 Å². The topological polar surface area (TPSA) is 88.6 Å². The predicted molar refractivity (Wildman–Crippen MR) is 77.0 cm³/mol. The fourth-order valence-electron chi connectivity index (χ4n) is 2.97. The minimum absolute atomic E-state index is 0.0444. The lowest BCUT2D eigenvalue weighted by Gasteiger charge is -2.45. The van der Waals surface area contributed by atoms with Crippen molar-refractivity contribution in [2.75, 3.05) is 4.90 Å². The number of ether oxygens (including phenoxy) is 1. The molecule has 3 amide bonds. The number of imide groups is 1. The number of anilines is 1. The molecule has 1 atom stereocenters. The van der Waals surface area contributed by atoms with Gasteiger partial charge in [-0.15, -0.1) is 0 Å². The van der Waals surface area contributed by atoms with Gasteiger partial charge in [0.25, 0.3) is 5.91 Å². The lowest BCUT2D eigenvalue weighted by Crippen LogP contribution is -2.55. The van der Waals surface area contributed by atoms with E-state index >= 15 is 0 Å². The summed E-state index contributed by atoms with van der Waals surface area (Å²) in [4.78, 5) is 41.5. The maximum Gasteiger partial charge on any atom is 0.329 e. The van der Waals surface area contributed by atoms with Gasteiger partial charge in [-0.1, -0.05) is 0 Å². The first-order valence-corrected chi connectivity index (χ1v) is 7.08. The number of hydrogen-bond acceptors (Lipinski definition) is 5.